The second kappa shape index (κ2) is 15.0. The van der Waals surface area contributed by atoms with Gasteiger partial charge in [0.15, 0.2) is 6.10 Å². The van der Waals surface area contributed by atoms with Crippen molar-refractivity contribution >= 4 is 35.5 Å². The molecule has 0 aromatic heterocycles. The summed E-state index contributed by atoms with van der Waals surface area (Å²) >= 11 is 0. The van der Waals surface area contributed by atoms with E-state index in [9.17, 15) is 28.8 Å². The van der Waals surface area contributed by atoms with Gasteiger partial charge in [0.05, 0.1) is 6.42 Å². The van der Waals surface area contributed by atoms with Crippen LogP contribution in [-0.2, 0) is 33.5 Å². The smallest absolute Gasteiger partial charge is 0.308 e. The fourth-order valence-electron chi connectivity index (χ4n) is 5.25. The van der Waals surface area contributed by atoms with Gasteiger partial charge >= 0.3 is 5.97 Å². The first-order chi connectivity index (χ1) is 19.3. The maximum atomic E-state index is 13.9. The number of nitrogens with zero attached hydrogens (tertiary/aromatic N) is 3. The van der Waals surface area contributed by atoms with E-state index in [-0.39, 0.29) is 31.2 Å². The van der Waals surface area contributed by atoms with E-state index < -0.39 is 65.8 Å². The van der Waals surface area contributed by atoms with Crippen LogP contribution in [0.4, 0.5) is 0 Å². The lowest BCUT2D eigenvalue weighted by Gasteiger charge is -2.38. The van der Waals surface area contributed by atoms with Crippen LogP contribution < -0.4 is 10.6 Å². The summed E-state index contributed by atoms with van der Waals surface area (Å²) in [5.41, 5.74) is 0. The summed E-state index contributed by atoms with van der Waals surface area (Å²) in [6, 6.07) is -3.57. The molecule has 2 N–H and O–H groups in total. The Bertz CT molecular complexity index is 1020. The third-order valence-corrected chi connectivity index (χ3v) is 8.13. The van der Waals surface area contributed by atoms with Gasteiger partial charge in [-0.05, 0) is 31.6 Å². The van der Waals surface area contributed by atoms with E-state index in [1.54, 1.807) is 6.92 Å². The van der Waals surface area contributed by atoms with Crippen LogP contribution in [-0.4, -0.2) is 108 Å². The van der Waals surface area contributed by atoms with Crippen molar-refractivity contribution in [1.82, 2.24) is 25.3 Å². The molecule has 0 aliphatic carbocycles. The number of rotatable bonds is 5. The number of esters is 1. The number of carbonyl (C=O) groups is 6. The van der Waals surface area contributed by atoms with E-state index in [1.165, 1.54) is 34.9 Å². The number of cyclic esters (lactones) is 1. The van der Waals surface area contributed by atoms with Gasteiger partial charge in [0.1, 0.15) is 24.2 Å². The Morgan fingerprint density at radius 1 is 1.00 bits per heavy atom. The van der Waals surface area contributed by atoms with Crippen LogP contribution in [0.1, 0.15) is 66.7 Å². The Morgan fingerprint density at radius 3 is 2.24 bits per heavy atom. The summed E-state index contributed by atoms with van der Waals surface area (Å²) < 4.78 is 5.45. The lowest BCUT2D eigenvalue weighted by atomic mass is 9.94. The highest BCUT2D eigenvalue weighted by Crippen LogP contribution is 2.23. The molecule has 2 aliphatic heterocycles. The molecule has 12 heteroatoms. The molecule has 2 aliphatic rings. The monoisotopic (exact) mass is 577 g/mol. The largest absolute Gasteiger partial charge is 0.452 e. The zero-order chi connectivity index (χ0) is 31.0. The van der Waals surface area contributed by atoms with E-state index in [0.29, 0.717) is 25.8 Å². The molecule has 0 radical (unpaired) electrons. The van der Waals surface area contributed by atoms with Crippen molar-refractivity contribution in [2.75, 3.05) is 27.2 Å². The molecular weight excluding hydrogens is 530 g/mol. The van der Waals surface area contributed by atoms with Gasteiger partial charge in [-0.15, -0.1) is 6.58 Å². The number of nitrogens with one attached hydrogen (secondary N) is 2. The molecule has 0 saturated carbocycles. The molecule has 0 spiro atoms. The Morgan fingerprint density at radius 2 is 1.66 bits per heavy atom. The van der Waals surface area contributed by atoms with E-state index >= 15 is 0 Å². The Hall–Kier alpha value is -3.44. The van der Waals surface area contributed by atoms with E-state index in [2.05, 4.69) is 17.2 Å². The topological polar surface area (TPSA) is 145 Å². The minimum absolute atomic E-state index is 0.0566. The molecule has 12 nitrogen and oxygen atoms in total. The van der Waals surface area contributed by atoms with Crippen LogP contribution in [0.5, 0.6) is 0 Å². The van der Waals surface area contributed by atoms with Gasteiger partial charge in [-0.1, -0.05) is 40.2 Å². The van der Waals surface area contributed by atoms with Gasteiger partial charge in [0.2, 0.25) is 23.6 Å². The second-order valence-corrected chi connectivity index (χ2v) is 11.4. The predicted octanol–water partition coefficient (Wildman–Crippen LogP) is 0.846. The molecule has 5 amide bonds. The number of ether oxygens (including phenoxy) is 1. The van der Waals surface area contributed by atoms with Crippen LogP contribution >= 0.6 is 0 Å². The van der Waals surface area contributed by atoms with E-state index in [4.69, 9.17) is 4.74 Å². The first-order valence-electron chi connectivity index (χ1n) is 14.5. The van der Waals surface area contributed by atoms with E-state index in [1.807, 2.05) is 27.7 Å². The van der Waals surface area contributed by atoms with Crippen molar-refractivity contribution in [2.24, 2.45) is 11.8 Å². The first-order valence-corrected chi connectivity index (χ1v) is 14.5. The maximum Gasteiger partial charge on any atom is 0.308 e. The molecule has 2 heterocycles. The Kier molecular flexibility index (Phi) is 12.3. The Balaban J connectivity index is 2.53. The highest BCUT2D eigenvalue weighted by molar-refractivity contribution is 5.96. The average Bonchev–Trinajstić information content (AvgIpc) is 3.43. The standard InChI is InChI=1S/C29H47N5O7/c1-9-12-21-27(38)34-16-11-13-20(34)26(37)31-23(18(5)10-2)28(39)33(8)24(17(3)4)29(40)32(7)19(6)25(36)30-15-14-22(35)41-21/h9,17-21,23-24H,1,10-16H2,2-8H3,(H,30,36)(H,31,37)/t18?,19?,20-,21+,23?,24?/m0/s1. The molecule has 4 unspecified atom stereocenters. The van der Waals surface area contributed by atoms with Crippen molar-refractivity contribution in [1.29, 1.82) is 0 Å². The molecule has 0 aromatic rings. The van der Waals surface area contributed by atoms with Gasteiger partial charge < -0.3 is 30.1 Å². The van der Waals surface area contributed by atoms with Gasteiger partial charge in [0.25, 0.3) is 5.91 Å². The fourth-order valence-corrected chi connectivity index (χ4v) is 5.25. The zero-order valence-corrected chi connectivity index (χ0v) is 25.5. The third kappa shape index (κ3) is 8.07. The molecule has 230 valence electrons. The van der Waals surface area contributed by atoms with Crippen LogP contribution in [0, 0.1) is 11.8 Å². The number of fused-ring (bicyclic) bond motifs is 1. The number of hydrogen-bond acceptors (Lipinski definition) is 7. The van der Waals surface area contributed by atoms with Gasteiger partial charge in [0, 0.05) is 33.6 Å². The minimum Gasteiger partial charge on any atom is -0.452 e. The number of carbonyl (C=O) groups excluding carboxylic acids is 6. The SMILES string of the molecule is C=CC[C@H]1OC(=O)CCNC(=O)C(C)N(C)C(=O)C(C(C)C)N(C)C(=O)C(C(C)CC)NC(=O)[C@@H]2CCCN2C1=O. The number of likely N-dealkylation sites (N-methyl/N-ethyl adjacent to an activating group) is 2. The number of hydrogen-bond donors (Lipinski definition) is 2. The summed E-state index contributed by atoms with van der Waals surface area (Å²) in [6.07, 6.45) is 1.70. The van der Waals surface area contributed by atoms with Crippen LogP contribution in [0.3, 0.4) is 0 Å². The lowest BCUT2D eigenvalue weighted by molar-refractivity contribution is -0.161. The van der Waals surface area contributed by atoms with Crippen LogP contribution in [0.25, 0.3) is 0 Å². The highest BCUT2D eigenvalue weighted by Gasteiger charge is 2.42. The zero-order valence-electron chi connectivity index (χ0n) is 25.5. The number of amides is 5. The summed E-state index contributed by atoms with van der Waals surface area (Å²) in [5, 5.41) is 5.51. The van der Waals surface area contributed by atoms with E-state index in [0.717, 1.165) is 0 Å². The van der Waals surface area contributed by atoms with Gasteiger partial charge in [-0.2, -0.15) is 0 Å². The van der Waals surface area contributed by atoms with Gasteiger partial charge in [-0.3, -0.25) is 28.8 Å². The third-order valence-electron chi connectivity index (χ3n) is 8.13. The second-order valence-electron chi connectivity index (χ2n) is 11.4. The summed E-state index contributed by atoms with van der Waals surface area (Å²) in [7, 11) is 3.02. The predicted molar refractivity (Wildman–Crippen MR) is 152 cm³/mol. The first kappa shape index (κ1) is 33.8. The molecule has 41 heavy (non-hydrogen) atoms. The van der Waals surface area contributed by atoms with Crippen molar-refractivity contribution in [3.63, 3.8) is 0 Å². The molecule has 0 aromatic carbocycles. The van der Waals surface area contributed by atoms with Crippen molar-refractivity contribution < 1.29 is 33.5 Å². The molecular formula is C29H47N5O7. The summed E-state index contributed by atoms with van der Waals surface area (Å²) in [6.45, 7) is 12.8. The molecule has 2 rings (SSSR count). The summed E-state index contributed by atoms with van der Waals surface area (Å²) in [4.78, 5) is 84.0. The quantitative estimate of drug-likeness (QED) is 0.364. The average molecular weight is 578 g/mol. The minimum atomic E-state index is -1.17. The molecule has 0 bridgehead atoms. The summed E-state index contributed by atoms with van der Waals surface area (Å²) in [5.74, 6) is -3.58. The molecule has 6 atom stereocenters. The fraction of sp³-hybridized carbons (Fsp3) is 0.724. The normalized spacial score (nSPS) is 28.8. The Labute approximate surface area is 243 Å². The van der Waals surface area contributed by atoms with Crippen LogP contribution in [0.2, 0.25) is 0 Å². The van der Waals surface area contributed by atoms with Crippen molar-refractivity contribution in [2.45, 2.75) is 97.0 Å². The lowest BCUT2D eigenvalue weighted by Crippen LogP contribution is -2.60. The maximum absolute atomic E-state index is 13.9. The highest BCUT2D eigenvalue weighted by atomic mass is 16.5. The van der Waals surface area contributed by atoms with Crippen molar-refractivity contribution in [3.8, 4) is 0 Å². The molecule has 2 saturated heterocycles. The van der Waals surface area contributed by atoms with Crippen LogP contribution in [0.15, 0.2) is 12.7 Å². The van der Waals surface area contributed by atoms with Gasteiger partial charge in [-0.25, -0.2) is 0 Å². The molecule has 2 fully saturated rings. The van der Waals surface area contributed by atoms with Crippen molar-refractivity contribution in [3.05, 3.63) is 12.7 Å².